The Labute approximate surface area is 187 Å². The molecule has 0 saturated carbocycles. The molecule has 2 unspecified atom stereocenters. The normalized spacial score (nSPS) is 24.1. The summed E-state index contributed by atoms with van der Waals surface area (Å²) < 4.78 is 0. The van der Waals surface area contributed by atoms with Gasteiger partial charge in [0, 0.05) is 57.6 Å². The van der Waals surface area contributed by atoms with Crippen molar-refractivity contribution in [1.29, 1.82) is 0 Å². The molecule has 0 spiro atoms. The number of hydrogen-bond acceptors (Lipinski definition) is 4. The van der Waals surface area contributed by atoms with E-state index in [1.807, 2.05) is 12.3 Å². The fourth-order valence-electron chi connectivity index (χ4n) is 4.28. The van der Waals surface area contributed by atoms with E-state index in [0.717, 1.165) is 69.4 Å². The molecule has 2 saturated heterocycles. The molecule has 158 valence electrons. The van der Waals surface area contributed by atoms with Gasteiger partial charge in [0.2, 0.25) is 0 Å². The summed E-state index contributed by atoms with van der Waals surface area (Å²) in [5, 5.41) is 3.50. The summed E-state index contributed by atoms with van der Waals surface area (Å²) in [6.45, 7) is 14.8. The largest absolute Gasteiger partial charge is 0.357 e. The van der Waals surface area contributed by atoms with E-state index in [1.165, 1.54) is 12.0 Å². The Kier molecular flexibility index (Phi) is 9.27. The molecule has 1 aromatic heterocycles. The maximum Gasteiger partial charge on any atom is 0.194 e. The summed E-state index contributed by atoms with van der Waals surface area (Å²) in [4.78, 5) is 16.9. The van der Waals surface area contributed by atoms with Gasteiger partial charge < -0.3 is 20.0 Å². The number of halogens is 1. The number of hydrogen-bond donors (Lipinski definition) is 1. The molecule has 1 aromatic rings. The van der Waals surface area contributed by atoms with Gasteiger partial charge in [-0.1, -0.05) is 19.9 Å². The molecule has 3 heterocycles. The maximum absolute atomic E-state index is 5.00. The van der Waals surface area contributed by atoms with Crippen LogP contribution >= 0.6 is 24.0 Å². The highest BCUT2D eigenvalue weighted by Gasteiger charge is 2.24. The van der Waals surface area contributed by atoms with E-state index < -0.39 is 0 Å². The van der Waals surface area contributed by atoms with Gasteiger partial charge in [0.05, 0.1) is 6.54 Å². The van der Waals surface area contributed by atoms with Crippen molar-refractivity contribution in [2.24, 2.45) is 16.8 Å². The molecule has 2 atom stereocenters. The second kappa shape index (κ2) is 11.2. The van der Waals surface area contributed by atoms with Crippen LogP contribution in [0.5, 0.6) is 0 Å². The number of aromatic nitrogens is 1. The highest BCUT2D eigenvalue weighted by molar-refractivity contribution is 14.0. The number of anilines is 1. The highest BCUT2D eigenvalue weighted by Crippen LogP contribution is 2.22. The first-order valence-corrected chi connectivity index (χ1v) is 10.5. The molecule has 2 fully saturated rings. The molecule has 0 aromatic carbocycles. The lowest BCUT2D eigenvalue weighted by Crippen LogP contribution is -2.48. The molecule has 0 amide bonds. The summed E-state index contributed by atoms with van der Waals surface area (Å²) in [6, 6.07) is 4.21. The fraction of sp³-hybridized carbons (Fsp3) is 0.714. The first-order chi connectivity index (χ1) is 13.1. The van der Waals surface area contributed by atoms with Gasteiger partial charge in [0.15, 0.2) is 5.96 Å². The van der Waals surface area contributed by atoms with Crippen molar-refractivity contribution in [3.05, 3.63) is 23.9 Å². The van der Waals surface area contributed by atoms with E-state index in [1.54, 1.807) is 0 Å². The predicted octanol–water partition coefficient (Wildman–Crippen LogP) is 2.89. The van der Waals surface area contributed by atoms with E-state index in [0.29, 0.717) is 6.54 Å². The average molecular weight is 500 g/mol. The molecular formula is C21H37IN6. The van der Waals surface area contributed by atoms with Crippen molar-refractivity contribution in [3.8, 4) is 0 Å². The number of guanidine groups is 1. The number of likely N-dealkylation sites (N-methyl/N-ethyl adjacent to an activating group) is 1. The summed E-state index contributed by atoms with van der Waals surface area (Å²) in [5.41, 5.74) is 1.22. The van der Waals surface area contributed by atoms with Gasteiger partial charge in [-0.15, -0.1) is 24.0 Å². The lowest BCUT2D eigenvalue weighted by Gasteiger charge is -2.37. The first kappa shape index (κ1) is 23.2. The van der Waals surface area contributed by atoms with E-state index in [4.69, 9.17) is 9.98 Å². The van der Waals surface area contributed by atoms with E-state index in [2.05, 4.69) is 53.9 Å². The lowest BCUT2D eigenvalue weighted by molar-refractivity contribution is 0.208. The van der Waals surface area contributed by atoms with Gasteiger partial charge >= 0.3 is 0 Å². The minimum absolute atomic E-state index is 0. The van der Waals surface area contributed by atoms with Crippen LogP contribution in [0.1, 0.15) is 32.8 Å². The molecule has 0 bridgehead atoms. The SMILES string of the molecule is CCNC(=NCc1cccnc1N1CCN(C)CC1)N1CC(C)CC(C)C1.I. The van der Waals surface area contributed by atoms with Gasteiger partial charge in [-0.2, -0.15) is 0 Å². The molecule has 1 N–H and O–H groups in total. The minimum Gasteiger partial charge on any atom is -0.357 e. The zero-order chi connectivity index (χ0) is 19.2. The second-order valence-corrected chi connectivity index (χ2v) is 8.30. The van der Waals surface area contributed by atoms with Crippen LogP contribution in [0, 0.1) is 11.8 Å². The van der Waals surface area contributed by atoms with Crippen LogP contribution in [0.15, 0.2) is 23.3 Å². The summed E-state index contributed by atoms with van der Waals surface area (Å²) in [5.74, 6) is 3.59. The number of likely N-dealkylation sites (tertiary alicyclic amines) is 1. The Balaban J connectivity index is 0.00000280. The van der Waals surface area contributed by atoms with E-state index in [-0.39, 0.29) is 24.0 Å². The van der Waals surface area contributed by atoms with Crippen molar-refractivity contribution < 1.29 is 0 Å². The van der Waals surface area contributed by atoms with Gasteiger partial charge in [0.25, 0.3) is 0 Å². The number of aliphatic imine (C=N–C) groups is 1. The number of piperazine rings is 1. The highest BCUT2D eigenvalue weighted by atomic mass is 127. The third kappa shape index (κ3) is 6.20. The maximum atomic E-state index is 5.00. The summed E-state index contributed by atoms with van der Waals surface area (Å²) in [6.07, 6.45) is 3.21. The Morgan fingerprint density at radius 1 is 1.18 bits per heavy atom. The summed E-state index contributed by atoms with van der Waals surface area (Å²) in [7, 11) is 2.18. The van der Waals surface area contributed by atoms with E-state index >= 15 is 0 Å². The molecule has 7 heteroatoms. The van der Waals surface area contributed by atoms with Crippen LogP contribution in [-0.4, -0.2) is 73.6 Å². The number of pyridine rings is 1. The molecule has 0 radical (unpaired) electrons. The summed E-state index contributed by atoms with van der Waals surface area (Å²) >= 11 is 0. The Morgan fingerprint density at radius 3 is 2.50 bits per heavy atom. The minimum atomic E-state index is 0. The molecule has 3 rings (SSSR count). The van der Waals surface area contributed by atoms with Gasteiger partial charge in [-0.05, 0) is 38.3 Å². The Bertz CT molecular complexity index is 619. The zero-order valence-corrected chi connectivity index (χ0v) is 20.2. The third-order valence-corrected chi connectivity index (χ3v) is 5.57. The van der Waals surface area contributed by atoms with E-state index in [9.17, 15) is 0 Å². The number of nitrogens with zero attached hydrogens (tertiary/aromatic N) is 5. The van der Waals surface area contributed by atoms with Crippen molar-refractivity contribution in [2.75, 3.05) is 57.8 Å². The van der Waals surface area contributed by atoms with Crippen molar-refractivity contribution in [3.63, 3.8) is 0 Å². The van der Waals surface area contributed by atoms with Crippen LogP contribution in [0.3, 0.4) is 0 Å². The van der Waals surface area contributed by atoms with Gasteiger partial charge in [0.1, 0.15) is 5.82 Å². The molecular weight excluding hydrogens is 463 g/mol. The predicted molar refractivity (Wildman–Crippen MR) is 129 cm³/mol. The average Bonchev–Trinajstić information content (AvgIpc) is 2.65. The monoisotopic (exact) mass is 500 g/mol. The standard InChI is InChI=1S/C21H36N6.HI/c1-5-22-21(27-15-17(2)13-18(3)16-27)24-14-19-7-6-8-23-20(19)26-11-9-25(4)10-12-26;/h6-8,17-18H,5,9-16H2,1-4H3,(H,22,24);1H. The van der Waals surface area contributed by atoms with Crippen LogP contribution in [0.4, 0.5) is 5.82 Å². The molecule has 6 nitrogen and oxygen atoms in total. The zero-order valence-electron chi connectivity index (χ0n) is 17.9. The van der Waals surface area contributed by atoms with Crippen LogP contribution < -0.4 is 10.2 Å². The Morgan fingerprint density at radius 2 is 1.86 bits per heavy atom. The Hall–Kier alpha value is -1.09. The lowest BCUT2D eigenvalue weighted by atomic mass is 9.92. The van der Waals surface area contributed by atoms with Crippen molar-refractivity contribution >= 4 is 35.8 Å². The molecule has 0 aliphatic carbocycles. The van der Waals surface area contributed by atoms with Gasteiger partial charge in [-0.3, -0.25) is 0 Å². The van der Waals surface area contributed by atoms with Crippen molar-refractivity contribution in [1.82, 2.24) is 20.1 Å². The number of rotatable bonds is 4. The quantitative estimate of drug-likeness (QED) is 0.392. The van der Waals surface area contributed by atoms with Crippen LogP contribution in [0.2, 0.25) is 0 Å². The number of nitrogens with one attached hydrogen (secondary N) is 1. The topological polar surface area (TPSA) is 47.0 Å². The van der Waals surface area contributed by atoms with Gasteiger partial charge in [-0.25, -0.2) is 9.98 Å². The molecule has 2 aliphatic heterocycles. The smallest absolute Gasteiger partial charge is 0.194 e. The molecule has 28 heavy (non-hydrogen) atoms. The molecule has 2 aliphatic rings. The van der Waals surface area contributed by atoms with Crippen LogP contribution in [0.25, 0.3) is 0 Å². The fourth-order valence-corrected chi connectivity index (χ4v) is 4.28. The van der Waals surface area contributed by atoms with Crippen molar-refractivity contribution in [2.45, 2.75) is 33.7 Å². The second-order valence-electron chi connectivity index (χ2n) is 8.30. The third-order valence-electron chi connectivity index (χ3n) is 5.57. The number of piperidine rings is 1. The van der Waals surface area contributed by atoms with Crippen LogP contribution in [-0.2, 0) is 6.54 Å². The first-order valence-electron chi connectivity index (χ1n) is 10.5.